The van der Waals surface area contributed by atoms with Gasteiger partial charge >= 0.3 is 48.4 Å². The molecule has 0 aliphatic rings. The summed E-state index contributed by atoms with van der Waals surface area (Å²) in [6, 6.07) is 0. The number of rotatable bonds is 12. The van der Waals surface area contributed by atoms with Crippen molar-refractivity contribution in [1.82, 2.24) is 0 Å². The number of carboxylic acid groups (broad SMARTS) is 2. The maximum atomic E-state index is 11.4. The molecule has 0 aromatic heterocycles. The van der Waals surface area contributed by atoms with Crippen LogP contribution >= 0.6 is 0 Å². The van der Waals surface area contributed by atoms with Crippen LogP contribution in [0, 0.1) is 10.8 Å². The van der Waals surface area contributed by atoms with Crippen LogP contribution in [0.3, 0.4) is 0 Å². The summed E-state index contributed by atoms with van der Waals surface area (Å²) in [5.74, 6) is -3.06. The van der Waals surface area contributed by atoms with Crippen LogP contribution in [0.5, 0.6) is 0 Å². The molecule has 0 aliphatic carbocycles. The second kappa shape index (κ2) is 14.7. The number of carbonyl (C=O) groups is 2. The van der Waals surface area contributed by atoms with Crippen molar-refractivity contribution >= 4 is 11.9 Å². The van der Waals surface area contributed by atoms with Crippen LogP contribution < -0.4 is 58.6 Å². The third-order valence-electron chi connectivity index (χ3n) is 4.63. The van der Waals surface area contributed by atoms with Crippen molar-refractivity contribution in [3.8, 4) is 0 Å². The Bertz CT molecular complexity index is 339. The van der Waals surface area contributed by atoms with E-state index in [1.54, 1.807) is 20.8 Å². The summed E-state index contributed by atoms with van der Waals surface area (Å²) in [5, 5.41) is 22.9. The summed E-state index contributed by atoms with van der Waals surface area (Å²) in [4.78, 5) is 22.9. The molecule has 0 aromatic rings. The van der Waals surface area contributed by atoms with Gasteiger partial charge in [0.05, 0.1) is 17.4 Å². The molecular weight excluding hydrogens is 310 g/mol. The fourth-order valence-electron chi connectivity index (χ4n) is 2.98. The van der Waals surface area contributed by atoms with Gasteiger partial charge in [0.1, 0.15) is 0 Å². The summed E-state index contributed by atoms with van der Waals surface area (Å²) in [5.41, 5.74) is -2.83. The first-order chi connectivity index (χ1) is 10.2. The minimum absolute atomic E-state index is 0. The standard InChI is InChI=1S/C18H34O4.Li.Na/c1-5-6-7-8-9-10-11-12-13-14-18(15(19)20,16(21)22)17(2,3)4;;/h5-14H2,1-4H3,(H,19,20)(H,21,22);;/q;2*+1/p-2. The van der Waals surface area contributed by atoms with Gasteiger partial charge < -0.3 is 19.8 Å². The van der Waals surface area contributed by atoms with Crippen LogP contribution in [-0.4, -0.2) is 11.9 Å². The summed E-state index contributed by atoms with van der Waals surface area (Å²) in [6.45, 7) is 7.04. The quantitative estimate of drug-likeness (QED) is 0.209. The van der Waals surface area contributed by atoms with Crippen molar-refractivity contribution in [3.63, 3.8) is 0 Å². The number of hydrogen-bond donors (Lipinski definition) is 0. The van der Waals surface area contributed by atoms with Crippen LogP contribution in [-0.2, 0) is 9.59 Å². The number of carbonyl (C=O) groups excluding carboxylic acids is 2. The Morgan fingerprint density at radius 3 is 1.38 bits per heavy atom. The molecule has 130 valence electrons. The second-order valence-corrected chi connectivity index (χ2v) is 7.31. The maximum absolute atomic E-state index is 11.4. The topological polar surface area (TPSA) is 80.3 Å². The Labute approximate surface area is 182 Å². The van der Waals surface area contributed by atoms with Gasteiger partial charge in [-0.3, -0.25) is 0 Å². The fourth-order valence-corrected chi connectivity index (χ4v) is 2.98. The fraction of sp³-hybridized carbons (Fsp3) is 0.889. The molecule has 0 N–H and O–H groups in total. The third kappa shape index (κ3) is 9.29. The Balaban J connectivity index is -0.00000220. The van der Waals surface area contributed by atoms with E-state index in [9.17, 15) is 19.8 Å². The smallest absolute Gasteiger partial charge is 0.549 e. The molecule has 0 saturated carbocycles. The molecule has 0 heterocycles. The number of unbranched alkanes of at least 4 members (excludes halogenated alkanes) is 8. The average Bonchev–Trinajstić information content (AvgIpc) is 2.38. The SMILES string of the molecule is CCCCCCCCCCCC(C(=O)[O-])(C(=O)[O-])C(C)(C)C.[Li+].[Na+]. The number of carboxylic acids is 2. The van der Waals surface area contributed by atoms with E-state index in [-0.39, 0.29) is 54.8 Å². The largest absolute Gasteiger partial charge is 1.00 e. The zero-order chi connectivity index (χ0) is 17.2. The second-order valence-electron chi connectivity index (χ2n) is 7.31. The molecule has 0 saturated heterocycles. The maximum Gasteiger partial charge on any atom is 1.00 e. The van der Waals surface area contributed by atoms with E-state index in [4.69, 9.17) is 0 Å². The molecule has 24 heavy (non-hydrogen) atoms. The van der Waals surface area contributed by atoms with Gasteiger partial charge in [0.25, 0.3) is 0 Å². The van der Waals surface area contributed by atoms with Crippen molar-refractivity contribution in [2.45, 2.75) is 91.9 Å². The Morgan fingerprint density at radius 2 is 1.08 bits per heavy atom. The summed E-state index contributed by atoms with van der Waals surface area (Å²) < 4.78 is 0. The van der Waals surface area contributed by atoms with Gasteiger partial charge in [-0.15, -0.1) is 0 Å². The molecule has 0 radical (unpaired) electrons. The minimum Gasteiger partial charge on any atom is -0.549 e. The van der Waals surface area contributed by atoms with Crippen molar-refractivity contribution in [3.05, 3.63) is 0 Å². The zero-order valence-corrected chi connectivity index (χ0v) is 18.7. The Kier molecular flexibility index (Phi) is 17.9. The molecule has 0 rings (SSSR count). The summed E-state index contributed by atoms with van der Waals surface area (Å²) in [7, 11) is 0. The first-order valence-corrected chi connectivity index (χ1v) is 8.63. The molecule has 4 nitrogen and oxygen atoms in total. The van der Waals surface area contributed by atoms with Gasteiger partial charge in [0.2, 0.25) is 0 Å². The van der Waals surface area contributed by atoms with Gasteiger partial charge in [-0.1, -0.05) is 85.5 Å². The molecule has 6 heteroatoms. The van der Waals surface area contributed by atoms with Crippen molar-refractivity contribution < 1.29 is 68.2 Å². The van der Waals surface area contributed by atoms with E-state index in [1.807, 2.05) is 0 Å². The van der Waals surface area contributed by atoms with Gasteiger partial charge in [0, 0.05) is 0 Å². The molecule has 0 unspecified atom stereocenters. The molecule has 0 amide bonds. The molecule has 0 fully saturated rings. The normalized spacial score (nSPS) is 11.3. The predicted octanol–water partition coefficient (Wildman–Crippen LogP) is -3.55. The van der Waals surface area contributed by atoms with Crippen molar-refractivity contribution in [2.24, 2.45) is 10.8 Å². The van der Waals surface area contributed by atoms with Crippen LogP contribution in [0.4, 0.5) is 0 Å². The first-order valence-electron chi connectivity index (χ1n) is 8.63. The zero-order valence-electron chi connectivity index (χ0n) is 16.7. The number of aliphatic carboxylic acids is 2. The van der Waals surface area contributed by atoms with Crippen LogP contribution in [0.2, 0.25) is 0 Å². The van der Waals surface area contributed by atoms with E-state index >= 15 is 0 Å². The number of hydrogen-bond acceptors (Lipinski definition) is 4. The van der Waals surface area contributed by atoms with Crippen LogP contribution in [0.15, 0.2) is 0 Å². The minimum atomic E-state index is -1.91. The van der Waals surface area contributed by atoms with Gasteiger partial charge in [0.15, 0.2) is 0 Å². The van der Waals surface area contributed by atoms with E-state index in [1.165, 1.54) is 32.1 Å². The van der Waals surface area contributed by atoms with Gasteiger partial charge in [-0.2, -0.15) is 0 Å². The third-order valence-corrected chi connectivity index (χ3v) is 4.63. The van der Waals surface area contributed by atoms with Crippen LogP contribution in [0.25, 0.3) is 0 Å². The Hall–Kier alpha value is 0.537. The van der Waals surface area contributed by atoms with E-state index in [2.05, 4.69) is 6.92 Å². The first kappa shape index (κ1) is 29.3. The van der Waals surface area contributed by atoms with Crippen molar-refractivity contribution in [2.75, 3.05) is 0 Å². The molecule has 0 spiro atoms. The molecular formula is C18H32LiNaO4. The van der Waals surface area contributed by atoms with Crippen LogP contribution in [0.1, 0.15) is 91.9 Å². The summed E-state index contributed by atoms with van der Waals surface area (Å²) in [6.07, 6.45) is 9.90. The van der Waals surface area contributed by atoms with E-state index in [0.717, 1.165) is 19.3 Å². The Morgan fingerprint density at radius 1 is 0.750 bits per heavy atom. The molecule has 0 aromatic carbocycles. The molecule has 0 aliphatic heterocycles. The van der Waals surface area contributed by atoms with Crippen molar-refractivity contribution in [1.29, 1.82) is 0 Å². The van der Waals surface area contributed by atoms with Gasteiger partial charge in [-0.25, -0.2) is 0 Å². The molecule has 0 atom stereocenters. The summed E-state index contributed by atoms with van der Waals surface area (Å²) >= 11 is 0. The molecule has 0 bridgehead atoms. The van der Waals surface area contributed by atoms with Gasteiger partial charge in [-0.05, 0) is 11.8 Å². The van der Waals surface area contributed by atoms with E-state index < -0.39 is 22.8 Å². The monoisotopic (exact) mass is 342 g/mol. The van der Waals surface area contributed by atoms with E-state index in [0.29, 0.717) is 6.42 Å². The average molecular weight is 342 g/mol. The predicted molar refractivity (Wildman–Crippen MR) is 83.7 cm³/mol.